The van der Waals surface area contributed by atoms with Crippen LogP contribution in [0.5, 0.6) is 0 Å². The van der Waals surface area contributed by atoms with E-state index in [4.69, 9.17) is 16.4 Å². The van der Waals surface area contributed by atoms with Gasteiger partial charge in [0, 0.05) is 5.56 Å². The molecule has 0 atom stereocenters. The summed E-state index contributed by atoms with van der Waals surface area (Å²) in [6, 6.07) is 1.63. The molecular weight excluding hydrogens is 248 g/mol. The number of rotatable bonds is 1. The lowest BCUT2D eigenvalue weighted by atomic mass is 10.3. The van der Waals surface area contributed by atoms with Crippen molar-refractivity contribution in [2.45, 2.75) is 10.8 Å². The molecule has 0 fully saturated rings. The molecule has 1 aliphatic rings. The van der Waals surface area contributed by atoms with Gasteiger partial charge < -0.3 is 0 Å². The zero-order chi connectivity index (χ0) is 10.3. The van der Waals surface area contributed by atoms with Gasteiger partial charge in [0.25, 0.3) is 10.0 Å². The van der Waals surface area contributed by atoms with Crippen LogP contribution in [0.4, 0.5) is 0 Å². The molecule has 0 saturated heterocycles. The monoisotopic (exact) mass is 254 g/mol. The summed E-state index contributed by atoms with van der Waals surface area (Å²) in [5.74, 6) is 0. The van der Waals surface area contributed by atoms with Crippen molar-refractivity contribution in [1.82, 2.24) is 10.0 Å². The Kier molecular flexibility index (Phi) is 2.54. The first-order chi connectivity index (χ1) is 6.53. The Hall–Kier alpha value is -0.180. The van der Waals surface area contributed by atoms with Crippen LogP contribution in [0, 0.1) is 0 Å². The number of fused-ring (bicyclic) bond motifs is 1. The standard InChI is InChI=1S/C6H7ClN2O3S2/c1-12-9-3-4-2-5(7)13-6(4)14(10,11)8-9/h2,8H,3H2,1H3. The van der Waals surface area contributed by atoms with E-state index in [0.29, 0.717) is 16.4 Å². The fraction of sp³-hybridized carbons (Fsp3) is 0.333. The van der Waals surface area contributed by atoms with Gasteiger partial charge >= 0.3 is 0 Å². The maximum absolute atomic E-state index is 11.6. The minimum absolute atomic E-state index is 0.260. The van der Waals surface area contributed by atoms with E-state index >= 15 is 0 Å². The second-order valence-corrected chi connectivity index (χ2v) is 6.22. The molecule has 0 amide bonds. The van der Waals surface area contributed by atoms with Gasteiger partial charge in [0.15, 0.2) is 0 Å². The number of hydrogen-bond donors (Lipinski definition) is 1. The molecule has 2 rings (SSSR count). The van der Waals surface area contributed by atoms with E-state index in [-0.39, 0.29) is 4.21 Å². The maximum Gasteiger partial charge on any atom is 0.265 e. The van der Waals surface area contributed by atoms with Crippen molar-refractivity contribution < 1.29 is 13.3 Å². The highest BCUT2D eigenvalue weighted by atomic mass is 35.5. The molecule has 1 aromatic heterocycles. The molecule has 78 valence electrons. The van der Waals surface area contributed by atoms with E-state index in [0.717, 1.165) is 16.5 Å². The zero-order valence-electron chi connectivity index (χ0n) is 7.15. The first kappa shape index (κ1) is 10.3. The lowest BCUT2D eigenvalue weighted by molar-refractivity contribution is -0.161. The van der Waals surface area contributed by atoms with E-state index in [1.807, 2.05) is 0 Å². The summed E-state index contributed by atoms with van der Waals surface area (Å²) >= 11 is 6.78. The number of halogens is 1. The number of hydroxylamine groups is 1. The minimum Gasteiger partial charge on any atom is -0.286 e. The SMILES string of the molecule is CON1Cc2cc(Cl)sc2S(=O)(=O)N1. The van der Waals surface area contributed by atoms with Gasteiger partial charge in [-0.1, -0.05) is 11.6 Å². The van der Waals surface area contributed by atoms with Gasteiger partial charge in [0.2, 0.25) is 0 Å². The van der Waals surface area contributed by atoms with E-state index in [9.17, 15) is 8.42 Å². The van der Waals surface area contributed by atoms with E-state index in [1.165, 1.54) is 7.11 Å². The summed E-state index contributed by atoms with van der Waals surface area (Å²) in [4.78, 5) is 7.04. The summed E-state index contributed by atoms with van der Waals surface area (Å²) in [6.07, 6.45) is 0. The topological polar surface area (TPSA) is 58.6 Å². The molecule has 5 nitrogen and oxygen atoms in total. The third-order valence-corrected chi connectivity index (χ3v) is 4.94. The predicted molar refractivity (Wildman–Crippen MR) is 52.2 cm³/mol. The molecule has 0 radical (unpaired) electrons. The average Bonchev–Trinajstić information content (AvgIpc) is 2.45. The highest BCUT2D eigenvalue weighted by Crippen LogP contribution is 2.33. The summed E-state index contributed by atoms with van der Waals surface area (Å²) < 4.78 is 23.9. The van der Waals surface area contributed by atoms with E-state index in [1.54, 1.807) is 6.07 Å². The van der Waals surface area contributed by atoms with Crippen molar-refractivity contribution in [2.24, 2.45) is 0 Å². The van der Waals surface area contributed by atoms with Crippen molar-refractivity contribution in [3.05, 3.63) is 16.0 Å². The van der Waals surface area contributed by atoms with Crippen molar-refractivity contribution in [1.29, 1.82) is 0 Å². The number of nitrogens with zero attached hydrogens (tertiary/aromatic N) is 1. The first-order valence-electron chi connectivity index (χ1n) is 3.65. The fourth-order valence-electron chi connectivity index (χ4n) is 1.18. The van der Waals surface area contributed by atoms with Crippen molar-refractivity contribution in [2.75, 3.05) is 7.11 Å². The fourth-order valence-corrected chi connectivity index (χ4v) is 4.09. The third kappa shape index (κ3) is 1.67. The van der Waals surface area contributed by atoms with Crippen LogP contribution in [0.15, 0.2) is 10.3 Å². The van der Waals surface area contributed by atoms with Crippen LogP contribution in [0.2, 0.25) is 4.34 Å². The molecule has 0 aliphatic carbocycles. The van der Waals surface area contributed by atoms with Crippen molar-refractivity contribution in [3.8, 4) is 0 Å². The molecule has 0 aromatic carbocycles. The van der Waals surface area contributed by atoms with Gasteiger partial charge in [-0.15, -0.1) is 21.3 Å². The van der Waals surface area contributed by atoms with Gasteiger partial charge in [-0.05, 0) is 6.07 Å². The number of thiophene rings is 1. The Labute approximate surface area is 90.2 Å². The van der Waals surface area contributed by atoms with Crippen molar-refractivity contribution in [3.63, 3.8) is 0 Å². The van der Waals surface area contributed by atoms with Gasteiger partial charge in [-0.2, -0.15) is 0 Å². The summed E-state index contributed by atoms with van der Waals surface area (Å²) in [7, 11) is -2.11. The molecule has 0 saturated carbocycles. The van der Waals surface area contributed by atoms with Crippen LogP contribution >= 0.6 is 22.9 Å². The Bertz CT molecular complexity index is 456. The Balaban J connectivity index is 2.52. The van der Waals surface area contributed by atoms with Crippen LogP contribution in [-0.4, -0.2) is 20.7 Å². The molecule has 1 N–H and O–H groups in total. The van der Waals surface area contributed by atoms with Crippen LogP contribution in [-0.2, 0) is 21.4 Å². The number of hydrazine groups is 1. The zero-order valence-corrected chi connectivity index (χ0v) is 9.54. The lowest BCUT2D eigenvalue weighted by Crippen LogP contribution is -2.44. The number of sulfonamides is 1. The summed E-state index contributed by atoms with van der Waals surface area (Å²) in [5, 5.41) is 1.14. The smallest absolute Gasteiger partial charge is 0.265 e. The Morgan fingerprint density at radius 1 is 1.71 bits per heavy atom. The Morgan fingerprint density at radius 3 is 3.07 bits per heavy atom. The minimum atomic E-state index is -3.50. The number of hydrogen-bond acceptors (Lipinski definition) is 5. The van der Waals surface area contributed by atoms with E-state index in [2.05, 4.69) is 4.83 Å². The molecule has 0 unspecified atom stereocenters. The van der Waals surface area contributed by atoms with Gasteiger partial charge in [0.05, 0.1) is 18.0 Å². The molecule has 1 aromatic rings. The second kappa shape index (κ2) is 3.44. The van der Waals surface area contributed by atoms with Crippen LogP contribution < -0.4 is 4.83 Å². The quantitative estimate of drug-likeness (QED) is 0.812. The lowest BCUT2D eigenvalue weighted by Gasteiger charge is -2.24. The highest BCUT2D eigenvalue weighted by molar-refractivity contribution is 7.91. The second-order valence-electron chi connectivity index (χ2n) is 2.68. The summed E-state index contributed by atoms with van der Waals surface area (Å²) in [5.41, 5.74) is 0.653. The molecule has 2 heterocycles. The molecule has 14 heavy (non-hydrogen) atoms. The van der Waals surface area contributed by atoms with Crippen LogP contribution in [0.3, 0.4) is 0 Å². The van der Waals surface area contributed by atoms with Gasteiger partial charge in [0.1, 0.15) is 4.21 Å². The van der Waals surface area contributed by atoms with Gasteiger partial charge in [-0.3, -0.25) is 4.84 Å². The predicted octanol–water partition coefficient (Wildman–Crippen LogP) is 0.972. The van der Waals surface area contributed by atoms with Crippen LogP contribution in [0.25, 0.3) is 0 Å². The maximum atomic E-state index is 11.6. The highest BCUT2D eigenvalue weighted by Gasteiger charge is 2.30. The molecule has 0 bridgehead atoms. The van der Waals surface area contributed by atoms with Gasteiger partial charge in [-0.25, -0.2) is 8.42 Å². The largest absolute Gasteiger partial charge is 0.286 e. The normalized spacial score (nSPS) is 20.7. The molecular formula is C6H7ClN2O3S2. The molecule has 1 aliphatic heterocycles. The number of nitrogens with one attached hydrogen (secondary N) is 1. The molecule has 8 heteroatoms. The Morgan fingerprint density at radius 2 is 2.43 bits per heavy atom. The van der Waals surface area contributed by atoms with Crippen molar-refractivity contribution >= 4 is 33.0 Å². The first-order valence-corrected chi connectivity index (χ1v) is 6.33. The average molecular weight is 255 g/mol. The molecule has 0 spiro atoms. The summed E-state index contributed by atoms with van der Waals surface area (Å²) in [6.45, 7) is 0.355. The van der Waals surface area contributed by atoms with Crippen LogP contribution in [0.1, 0.15) is 5.56 Å². The third-order valence-electron chi connectivity index (χ3n) is 1.74. The van der Waals surface area contributed by atoms with E-state index < -0.39 is 10.0 Å².